The Morgan fingerprint density at radius 2 is 1.78 bits per heavy atom. The maximum Gasteiger partial charge on any atom is 0.0774 e. The molecule has 18 heavy (non-hydrogen) atoms. The highest BCUT2D eigenvalue weighted by Gasteiger charge is 2.09. The Kier molecular flexibility index (Phi) is 4.08. The first-order chi connectivity index (χ1) is 8.61. The van der Waals surface area contributed by atoms with Crippen LogP contribution in [0.4, 0.5) is 0 Å². The maximum absolute atomic E-state index is 8.66. The van der Waals surface area contributed by atoms with Crippen LogP contribution in [-0.2, 0) is 6.42 Å². The van der Waals surface area contributed by atoms with Crippen LogP contribution in [0.25, 0.3) is 11.1 Å². The summed E-state index contributed by atoms with van der Waals surface area (Å²) in [5, 5.41) is 10.0. The summed E-state index contributed by atoms with van der Waals surface area (Å²) in [6, 6.07) is 8.99. The first-order valence-electron chi connectivity index (χ1n) is 5.08. The molecule has 0 fully saturated rings. The Morgan fingerprint density at radius 3 is 2.50 bits per heavy atom. The highest BCUT2D eigenvalue weighted by Crippen LogP contribution is 2.35. The molecule has 0 aliphatic heterocycles. The third-order valence-corrected chi connectivity index (χ3v) is 3.43. The molecule has 2 aromatic rings. The van der Waals surface area contributed by atoms with Crippen LogP contribution >= 0.6 is 34.8 Å². The smallest absolute Gasteiger partial charge is 0.0774 e. The molecular weight excluding hydrogens is 291 g/mol. The van der Waals surface area contributed by atoms with Crippen molar-refractivity contribution in [2.75, 3.05) is 0 Å². The van der Waals surface area contributed by atoms with Crippen LogP contribution in [0, 0.1) is 11.3 Å². The molecule has 0 aliphatic carbocycles. The SMILES string of the molecule is N#CCc1cc(-c2cc(Cl)c(Cl)cc2Cl)ccn1. The fourth-order valence-corrected chi connectivity index (χ4v) is 2.22. The van der Waals surface area contributed by atoms with Crippen LogP contribution in [0.5, 0.6) is 0 Å². The second-order valence-electron chi connectivity index (χ2n) is 3.62. The van der Waals surface area contributed by atoms with E-state index in [2.05, 4.69) is 11.1 Å². The third kappa shape index (κ3) is 2.76. The predicted molar refractivity (Wildman–Crippen MR) is 74.0 cm³/mol. The van der Waals surface area contributed by atoms with Crippen LogP contribution in [0.2, 0.25) is 15.1 Å². The molecule has 1 aromatic heterocycles. The zero-order chi connectivity index (χ0) is 13.1. The van der Waals surface area contributed by atoms with E-state index in [-0.39, 0.29) is 6.42 Å². The lowest BCUT2D eigenvalue weighted by Gasteiger charge is -2.07. The normalized spacial score (nSPS) is 10.1. The van der Waals surface area contributed by atoms with E-state index in [1.165, 1.54) is 0 Å². The van der Waals surface area contributed by atoms with Crippen molar-refractivity contribution in [3.63, 3.8) is 0 Å². The zero-order valence-electron chi connectivity index (χ0n) is 9.12. The first-order valence-corrected chi connectivity index (χ1v) is 6.22. The Hall–Kier alpha value is -1.27. The van der Waals surface area contributed by atoms with Crippen molar-refractivity contribution >= 4 is 34.8 Å². The molecule has 0 amide bonds. The molecule has 2 rings (SSSR count). The molecular formula is C13H7Cl3N2. The van der Waals surface area contributed by atoms with Gasteiger partial charge in [0.25, 0.3) is 0 Å². The van der Waals surface area contributed by atoms with Gasteiger partial charge in [0.15, 0.2) is 0 Å². The topological polar surface area (TPSA) is 36.7 Å². The van der Waals surface area contributed by atoms with Crippen molar-refractivity contribution in [3.8, 4) is 17.2 Å². The number of benzene rings is 1. The Labute approximate surface area is 120 Å². The average molecular weight is 298 g/mol. The van der Waals surface area contributed by atoms with Gasteiger partial charge in [0, 0.05) is 16.8 Å². The molecule has 0 saturated heterocycles. The third-order valence-electron chi connectivity index (χ3n) is 2.40. The van der Waals surface area contributed by atoms with Crippen molar-refractivity contribution in [1.82, 2.24) is 4.98 Å². The number of nitriles is 1. The molecule has 1 aromatic carbocycles. The van der Waals surface area contributed by atoms with Crippen LogP contribution < -0.4 is 0 Å². The molecule has 0 spiro atoms. The second kappa shape index (κ2) is 5.58. The van der Waals surface area contributed by atoms with E-state index in [9.17, 15) is 0 Å². The van der Waals surface area contributed by atoms with Gasteiger partial charge in [-0.2, -0.15) is 5.26 Å². The summed E-state index contributed by atoms with van der Waals surface area (Å²) in [5.74, 6) is 0. The van der Waals surface area contributed by atoms with E-state index in [4.69, 9.17) is 40.1 Å². The molecule has 0 aliphatic rings. The van der Waals surface area contributed by atoms with Crippen molar-refractivity contribution in [1.29, 1.82) is 5.26 Å². The Balaban J connectivity index is 2.52. The number of halogens is 3. The van der Waals surface area contributed by atoms with E-state index in [1.54, 1.807) is 18.3 Å². The van der Waals surface area contributed by atoms with Crippen molar-refractivity contribution < 1.29 is 0 Å². The number of hydrogen-bond donors (Lipinski definition) is 0. The molecule has 0 radical (unpaired) electrons. The van der Waals surface area contributed by atoms with E-state index < -0.39 is 0 Å². The van der Waals surface area contributed by atoms with Crippen molar-refractivity contribution in [2.45, 2.75) is 6.42 Å². The maximum atomic E-state index is 8.66. The minimum atomic E-state index is 0.257. The van der Waals surface area contributed by atoms with Gasteiger partial charge in [-0.3, -0.25) is 4.98 Å². The molecule has 2 nitrogen and oxygen atoms in total. The number of pyridine rings is 1. The zero-order valence-corrected chi connectivity index (χ0v) is 11.4. The van der Waals surface area contributed by atoms with Gasteiger partial charge in [0.2, 0.25) is 0 Å². The molecule has 0 N–H and O–H groups in total. The average Bonchev–Trinajstić information content (AvgIpc) is 2.34. The van der Waals surface area contributed by atoms with Gasteiger partial charge in [-0.15, -0.1) is 0 Å². The van der Waals surface area contributed by atoms with E-state index in [1.807, 2.05) is 12.1 Å². The summed E-state index contributed by atoms with van der Waals surface area (Å²) >= 11 is 18.0. The molecule has 0 bridgehead atoms. The van der Waals surface area contributed by atoms with Gasteiger partial charge >= 0.3 is 0 Å². The second-order valence-corrected chi connectivity index (χ2v) is 4.84. The highest BCUT2D eigenvalue weighted by atomic mass is 35.5. The molecule has 0 unspecified atom stereocenters. The van der Waals surface area contributed by atoms with Crippen LogP contribution in [0.15, 0.2) is 30.5 Å². The number of aromatic nitrogens is 1. The van der Waals surface area contributed by atoms with E-state index in [0.29, 0.717) is 20.8 Å². The van der Waals surface area contributed by atoms with Gasteiger partial charge < -0.3 is 0 Å². The standard InChI is InChI=1S/C13H7Cl3N2/c14-11-7-13(16)12(15)6-10(11)8-2-4-18-9(5-8)1-3-17/h2,4-7H,1H2. The largest absolute Gasteiger partial charge is 0.260 e. The lowest BCUT2D eigenvalue weighted by atomic mass is 10.1. The minimum absolute atomic E-state index is 0.257. The summed E-state index contributed by atoms with van der Waals surface area (Å²) in [6.07, 6.45) is 1.90. The molecule has 5 heteroatoms. The summed E-state index contributed by atoms with van der Waals surface area (Å²) in [5.41, 5.74) is 2.32. The first kappa shape index (κ1) is 13.2. The lowest BCUT2D eigenvalue weighted by molar-refractivity contribution is 1.12. The van der Waals surface area contributed by atoms with Crippen LogP contribution in [0.1, 0.15) is 5.69 Å². The quantitative estimate of drug-likeness (QED) is 0.748. The van der Waals surface area contributed by atoms with Gasteiger partial charge in [-0.05, 0) is 29.8 Å². The van der Waals surface area contributed by atoms with Gasteiger partial charge in [0.05, 0.1) is 28.2 Å². The lowest BCUT2D eigenvalue weighted by Crippen LogP contribution is -1.89. The van der Waals surface area contributed by atoms with E-state index >= 15 is 0 Å². The minimum Gasteiger partial charge on any atom is -0.260 e. The monoisotopic (exact) mass is 296 g/mol. The number of hydrogen-bond acceptors (Lipinski definition) is 2. The summed E-state index contributed by atoms with van der Waals surface area (Å²) in [4.78, 5) is 4.10. The predicted octanol–water partition coefficient (Wildman–Crippen LogP) is 4.77. The fraction of sp³-hybridized carbons (Fsp3) is 0.0769. The van der Waals surface area contributed by atoms with Gasteiger partial charge in [0.1, 0.15) is 0 Å². The van der Waals surface area contributed by atoms with Gasteiger partial charge in [-0.25, -0.2) is 0 Å². The summed E-state index contributed by atoms with van der Waals surface area (Å²) in [7, 11) is 0. The number of nitrogens with zero attached hydrogens (tertiary/aromatic N) is 2. The van der Waals surface area contributed by atoms with Crippen molar-refractivity contribution in [3.05, 3.63) is 51.2 Å². The molecule has 90 valence electrons. The van der Waals surface area contributed by atoms with Gasteiger partial charge in [-0.1, -0.05) is 34.8 Å². The van der Waals surface area contributed by atoms with Crippen LogP contribution in [-0.4, -0.2) is 4.98 Å². The molecule has 0 saturated carbocycles. The molecule has 0 atom stereocenters. The summed E-state index contributed by atoms with van der Waals surface area (Å²) in [6.45, 7) is 0. The Bertz CT molecular complexity index is 633. The highest BCUT2D eigenvalue weighted by molar-refractivity contribution is 6.44. The molecule has 1 heterocycles. The van der Waals surface area contributed by atoms with E-state index in [0.717, 1.165) is 11.1 Å². The Morgan fingerprint density at radius 1 is 1.06 bits per heavy atom. The number of rotatable bonds is 2. The van der Waals surface area contributed by atoms with Crippen LogP contribution in [0.3, 0.4) is 0 Å². The summed E-state index contributed by atoms with van der Waals surface area (Å²) < 4.78 is 0. The fourth-order valence-electron chi connectivity index (χ4n) is 1.57. The van der Waals surface area contributed by atoms with Crippen molar-refractivity contribution in [2.24, 2.45) is 0 Å².